The third-order valence-electron chi connectivity index (χ3n) is 4.90. The van der Waals surface area contributed by atoms with E-state index in [0.29, 0.717) is 12.8 Å². The first-order valence-electron chi connectivity index (χ1n) is 9.13. The largest absolute Gasteiger partial charge is 0.469 e. The topological polar surface area (TPSA) is 56.5 Å². The fraction of sp³-hybridized carbons (Fsp3) is 0.227. The maximum atomic E-state index is 11.8. The van der Waals surface area contributed by atoms with Crippen molar-refractivity contribution in [1.82, 2.24) is 9.55 Å². The summed E-state index contributed by atoms with van der Waals surface area (Å²) in [5, 5.41) is 0. The molecule has 6 heteroatoms. The van der Waals surface area contributed by atoms with Crippen LogP contribution in [0, 0.1) is 6.92 Å². The first-order valence-corrected chi connectivity index (χ1v) is 9.92. The van der Waals surface area contributed by atoms with Gasteiger partial charge in [-0.05, 0) is 31.5 Å². The number of carbonyl (C=O) groups excluding carboxylic acids is 1. The molecule has 0 bridgehead atoms. The van der Waals surface area contributed by atoms with Gasteiger partial charge in [0.25, 0.3) is 0 Å². The van der Waals surface area contributed by atoms with E-state index in [-0.39, 0.29) is 12.0 Å². The van der Waals surface area contributed by atoms with Crippen LogP contribution in [-0.2, 0) is 9.53 Å². The van der Waals surface area contributed by atoms with Crippen LogP contribution in [0.3, 0.4) is 0 Å². The molecule has 0 radical (unpaired) electrons. The molecule has 1 aliphatic heterocycles. The zero-order chi connectivity index (χ0) is 19.7. The monoisotopic (exact) mass is 437 g/mol. The van der Waals surface area contributed by atoms with Crippen molar-refractivity contribution in [3.05, 3.63) is 81.8 Å². The molecule has 0 saturated carbocycles. The van der Waals surface area contributed by atoms with Gasteiger partial charge in [0, 0.05) is 33.9 Å². The van der Waals surface area contributed by atoms with E-state index in [1.54, 1.807) is 0 Å². The van der Waals surface area contributed by atoms with Crippen molar-refractivity contribution >= 4 is 27.6 Å². The summed E-state index contributed by atoms with van der Waals surface area (Å²) in [5.74, 6) is 0.603. The number of imidazole rings is 1. The SMILES string of the molecule is COC(=O)CC[C@@H]1N=C(c2ccccc2)c2cc(Br)ccc2-n2c(C)cnc21. The van der Waals surface area contributed by atoms with E-state index >= 15 is 0 Å². The van der Waals surface area contributed by atoms with Crippen LogP contribution in [0.4, 0.5) is 0 Å². The summed E-state index contributed by atoms with van der Waals surface area (Å²) in [7, 11) is 1.41. The van der Waals surface area contributed by atoms with E-state index in [1.165, 1.54) is 7.11 Å². The molecule has 28 heavy (non-hydrogen) atoms. The Morgan fingerprint density at radius 1 is 1.21 bits per heavy atom. The Hall–Kier alpha value is -2.73. The predicted octanol–water partition coefficient (Wildman–Crippen LogP) is 4.79. The number of hydrogen-bond acceptors (Lipinski definition) is 4. The molecular formula is C22H20BrN3O2. The van der Waals surface area contributed by atoms with Gasteiger partial charge >= 0.3 is 5.97 Å². The lowest BCUT2D eigenvalue weighted by molar-refractivity contribution is -0.140. The van der Waals surface area contributed by atoms with Crippen LogP contribution in [0.25, 0.3) is 5.69 Å². The second kappa shape index (κ2) is 7.72. The number of esters is 1. The Labute approximate surface area is 172 Å². The summed E-state index contributed by atoms with van der Waals surface area (Å²) >= 11 is 3.60. The molecule has 142 valence electrons. The zero-order valence-corrected chi connectivity index (χ0v) is 17.3. The minimum absolute atomic E-state index is 0.240. The summed E-state index contributed by atoms with van der Waals surface area (Å²) < 4.78 is 7.96. The molecule has 2 aromatic carbocycles. The molecule has 2 heterocycles. The number of fused-ring (bicyclic) bond motifs is 3. The molecule has 0 saturated heterocycles. The number of ether oxygens (including phenoxy) is 1. The summed E-state index contributed by atoms with van der Waals surface area (Å²) in [4.78, 5) is 21.5. The van der Waals surface area contributed by atoms with Gasteiger partial charge in [-0.1, -0.05) is 46.3 Å². The molecule has 0 spiro atoms. The van der Waals surface area contributed by atoms with Crippen molar-refractivity contribution in [2.24, 2.45) is 4.99 Å². The van der Waals surface area contributed by atoms with Gasteiger partial charge < -0.3 is 4.74 Å². The van der Waals surface area contributed by atoms with Crippen LogP contribution < -0.4 is 0 Å². The second-order valence-corrected chi connectivity index (χ2v) is 7.64. The first kappa shape index (κ1) is 18.6. The number of halogens is 1. The minimum atomic E-state index is -0.241. The van der Waals surface area contributed by atoms with Crippen molar-refractivity contribution in [2.75, 3.05) is 7.11 Å². The van der Waals surface area contributed by atoms with Crippen molar-refractivity contribution < 1.29 is 9.53 Å². The summed E-state index contributed by atoms with van der Waals surface area (Å²) in [5.41, 5.74) is 5.04. The van der Waals surface area contributed by atoms with Gasteiger partial charge in [-0.2, -0.15) is 0 Å². The van der Waals surface area contributed by atoms with Crippen LogP contribution in [0.5, 0.6) is 0 Å². The summed E-state index contributed by atoms with van der Waals surface area (Å²) in [6.07, 6.45) is 2.68. The van der Waals surface area contributed by atoms with Gasteiger partial charge in [-0.15, -0.1) is 0 Å². The number of methoxy groups -OCH3 is 1. The van der Waals surface area contributed by atoms with Gasteiger partial charge in [-0.3, -0.25) is 14.4 Å². The van der Waals surface area contributed by atoms with Gasteiger partial charge in [0.2, 0.25) is 0 Å². The normalized spacial score (nSPS) is 15.2. The van der Waals surface area contributed by atoms with Crippen molar-refractivity contribution in [2.45, 2.75) is 25.8 Å². The number of aliphatic imine (C=N–C) groups is 1. The van der Waals surface area contributed by atoms with Crippen molar-refractivity contribution in [1.29, 1.82) is 0 Å². The van der Waals surface area contributed by atoms with E-state index in [4.69, 9.17) is 9.73 Å². The van der Waals surface area contributed by atoms with Crippen LogP contribution in [0.15, 0.2) is 64.2 Å². The average Bonchev–Trinajstić information content (AvgIpc) is 3.03. The third kappa shape index (κ3) is 3.40. The number of nitrogens with zero attached hydrogens (tertiary/aromatic N) is 3. The van der Waals surface area contributed by atoms with Crippen molar-refractivity contribution in [3.8, 4) is 5.69 Å². The van der Waals surface area contributed by atoms with E-state index in [0.717, 1.165) is 38.5 Å². The fourth-order valence-electron chi connectivity index (χ4n) is 3.56. The Morgan fingerprint density at radius 2 is 2.00 bits per heavy atom. The number of benzene rings is 2. The summed E-state index contributed by atoms with van der Waals surface area (Å²) in [6.45, 7) is 2.03. The Morgan fingerprint density at radius 3 is 2.75 bits per heavy atom. The molecule has 0 aliphatic carbocycles. The Balaban J connectivity index is 1.93. The predicted molar refractivity (Wildman–Crippen MR) is 112 cm³/mol. The van der Waals surface area contributed by atoms with Gasteiger partial charge in [-0.25, -0.2) is 4.98 Å². The maximum absolute atomic E-state index is 11.8. The first-order chi connectivity index (χ1) is 13.6. The molecule has 1 aromatic heterocycles. The number of carbonyl (C=O) groups is 1. The summed E-state index contributed by atoms with van der Waals surface area (Å²) in [6, 6.07) is 16.1. The van der Waals surface area contributed by atoms with E-state index < -0.39 is 0 Å². The number of aromatic nitrogens is 2. The highest BCUT2D eigenvalue weighted by Crippen LogP contribution is 2.34. The molecule has 0 amide bonds. The lowest BCUT2D eigenvalue weighted by Gasteiger charge is -2.14. The lowest BCUT2D eigenvalue weighted by atomic mass is 10.0. The highest BCUT2D eigenvalue weighted by molar-refractivity contribution is 9.10. The van der Waals surface area contributed by atoms with E-state index in [2.05, 4.69) is 49.7 Å². The Bertz CT molecular complexity index is 1060. The van der Waals surface area contributed by atoms with Gasteiger partial charge in [0.05, 0.1) is 18.5 Å². The third-order valence-corrected chi connectivity index (χ3v) is 5.39. The van der Waals surface area contributed by atoms with Crippen LogP contribution in [0.2, 0.25) is 0 Å². The number of rotatable bonds is 4. The second-order valence-electron chi connectivity index (χ2n) is 6.73. The smallest absolute Gasteiger partial charge is 0.305 e. The van der Waals surface area contributed by atoms with Crippen LogP contribution in [-0.4, -0.2) is 28.3 Å². The minimum Gasteiger partial charge on any atom is -0.469 e. The van der Waals surface area contributed by atoms with Gasteiger partial charge in [0.15, 0.2) is 0 Å². The maximum Gasteiger partial charge on any atom is 0.305 e. The quantitative estimate of drug-likeness (QED) is 0.551. The molecule has 1 atom stereocenters. The Kier molecular flexibility index (Phi) is 5.13. The highest BCUT2D eigenvalue weighted by atomic mass is 79.9. The molecule has 0 unspecified atom stereocenters. The molecule has 1 aliphatic rings. The van der Waals surface area contributed by atoms with E-state index in [1.807, 2.05) is 37.4 Å². The molecule has 3 aromatic rings. The van der Waals surface area contributed by atoms with Gasteiger partial charge in [0.1, 0.15) is 11.9 Å². The number of aryl methyl sites for hydroxylation is 1. The van der Waals surface area contributed by atoms with Crippen molar-refractivity contribution in [3.63, 3.8) is 0 Å². The standard InChI is InChI=1S/C22H20BrN3O2/c1-14-13-24-22-18(9-11-20(27)28-2)25-21(15-6-4-3-5-7-15)17-12-16(23)8-10-19(17)26(14)22/h3-8,10,12-13,18H,9,11H2,1-2H3/t18-/m0/s1. The lowest BCUT2D eigenvalue weighted by Crippen LogP contribution is -2.09. The number of hydrogen-bond donors (Lipinski definition) is 0. The molecule has 5 nitrogen and oxygen atoms in total. The molecule has 0 fully saturated rings. The fourth-order valence-corrected chi connectivity index (χ4v) is 3.92. The molecule has 4 rings (SSSR count). The van der Waals surface area contributed by atoms with Crippen LogP contribution >= 0.6 is 15.9 Å². The van der Waals surface area contributed by atoms with E-state index in [9.17, 15) is 4.79 Å². The van der Waals surface area contributed by atoms with Crippen LogP contribution in [0.1, 0.15) is 41.5 Å². The average molecular weight is 438 g/mol. The molecule has 0 N–H and O–H groups in total. The molecular weight excluding hydrogens is 418 g/mol. The zero-order valence-electron chi connectivity index (χ0n) is 15.7. The highest BCUT2D eigenvalue weighted by Gasteiger charge is 2.27.